The van der Waals surface area contributed by atoms with Gasteiger partial charge in [-0.1, -0.05) is 11.6 Å². The summed E-state index contributed by atoms with van der Waals surface area (Å²) in [6.45, 7) is 0. The number of hydrogen-bond acceptors (Lipinski definition) is 0. The molecular formula is C3H2Cl3F5. The molecule has 0 bridgehead atoms. The highest BCUT2D eigenvalue weighted by molar-refractivity contribution is 6.31. The lowest BCUT2D eigenvalue weighted by Gasteiger charge is -2.11. The van der Waals surface area contributed by atoms with Crippen molar-refractivity contribution in [2.24, 2.45) is 0 Å². The Kier molecular flexibility index (Phi) is 6.67. The molecule has 0 saturated heterocycles. The maximum atomic E-state index is 11.1. The molecule has 0 nitrogen and oxygen atoms in total. The van der Waals surface area contributed by atoms with E-state index in [2.05, 4.69) is 34.8 Å². The van der Waals surface area contributed by atoms with Crippen molar-refractivity contribution in [3.63, 3.8) is 0 Å². The van der Waals surface area contributed by atoms with Crippen LogP contribution >= 0.6 is 34.8 Å². The van der Waals surface area contributed by atoms with Gasteiger partial charge >= 0.3 is 10.8 Å². The van der Waals surface area contributed by atoms with Crippen LogP contribution < -0.4 is 0 Å². The lowest BCUT2D eigenvalue weighted by atomic mass is 10.7. The maximum absolute atomic E-state index is 11.1. The highest BCUT2D eigenvalue weighted by atomic mass is 35.5. The molecule has 0 unspecified atom stereocenters. The van der Waals surface area contributed by atoms with Gasteiger partial charge in [-0.25, -0.2) is 4.39 Å². The van der Waals surface area contributed by atoms with Gasteiger partial charge in [0.15, 0.2) is 6.13 Å². The first-order valence-corrected chi connectivity index (χ1v) is 3.21. The number of hydrogen-bond donors (Lipinski definition) is 0. The molecule has 0 heterocycles. The van der Waals surface area contributed by atoms with Gasteiger partial charge in [-0.15, -0.1) is 0 Å². The summed E-state index contributed by atoms with van der Waals surface area (Å²) in [5.41, 5.74) is 0. The van der Waals surface area contributed by atoms with E-state index in [-0.39, 0.29) is 0 Å². The molecule has 0 aromatic heterocycles. The van der Waals surface area contributed by atoms with E-state index in [1.54, 1.807) is 0 Å². The van der Waals surface area contributed by atoms with Crippen LogP contribution in [0.4, 0.5) is 22.0 Å². The Morgan fingerprint density at radius 3 is 1.00 bits per heavy atom. The molecule has 0 rings (SSSR count). The third kappa shape index (κ3) is 8.43. The molecule has 0 aliphatic carbocycles. The summed E-state index contributed by atoms with van der Waals surface area (Å²) in [4.78, 5) is 0. The van der Waals surface area contributed by atoms with Crippen molar-refractivity contribution in [2.45, 2.75) is 10.8 Å². The summed E-state index contributed by atoms with van der Waals surface area (Å²) in [6, 6.07) is 0. The van der Waals surface area contributed by atoms with E-state index in [0.717, 1.165) is 0 Å². The highest BCUT2D eigenvalue weighted by Crippen LogP contribution is 2.40. The first-order chi connectivity index (χ1) is 4.66. The van der Waals surface area contributed by atoms with Crippen LogP contribution in [-0.2, 0) is 0 Å². The van der Waals surface area contributed by atoms with Crippen LogP contribution in [-0.4, -0.2) is 16.9 Å². The SMILES string of the molecule is FC(F)(Cl)C(F)(F)Cl.FCCl. The zero-order valence-corrected chi connectivity index (χ0v) is 7.00. The minimum Gasteiger partial charge on any atom is -0.234 e. The quantitative estimate of drug-likeness (QED) is 0.482. The topological polar surface area (TPSA) is 0 Å². The van der Waals surface area contributed by atoms with Crippen molar-refractivity contribution in [3.8, 4) is 0 Å². The molecule has 0 N–H and O–H groups in total. The Morgan fingerprint density at radius 2 is 1.00 bits per heavy atom. The third-order valence-corrected chi connectivity index (χ3v) is 0.893. The summed E-state index contributed by atoms with van der Waals surface area (Å²) in [5, 5.41) is -9.32. The van der Waals surface area contributed by atoms with E-state index in [0.29, 0.717) is 0 Å². The molecule has 0 aromatic carbocycles. The van der Waals surface area contributed by atoms with Crippen molar-refractivity contribution in [3.05, 3.63) is 0 Å². The van der Waals surface area contributed by atoms with Crippen LogP contribution in [0.3, 0.4) is 0 Å². The summed E-state index contributed by atoms with van der Waals surface area (Å²) in [7, 11) is 0. The van der Waals surface area contributed by atoms with Crippen LogP contribution in [0.15, 0.2) is 0 Å². The summed E-state index contributed by atoms with van der Waals surface area (Å²) < 4.78 is 54.5. The molecule has 8 heteroatoms. The summed E-state index contributed by atoms with van der Waals surface area (Å²) in [5.74, 6) is 0. The lowest BCUT2D eigenvalue weighted by Crippen LogP contribution is -2.28. The van der Waals surface area contributed by atoms with E-state index in [4.69, 9.17) is 0 Å². The van der Waals surface area contributed by atoms with Crippen molar-refractivity contribution < 1.29 is 22.0 Å². The predicted octanol–water partition coefficient (Wildman–Crippen LogP) is 3.80. The minimum absolute atomic E-state index is 0.778. The molecule has 0 amide bonds. The van der Waals surface area contributed by atoms with E-state index < -0.39 is 16.9 Å². The Bertz CT molecular complexity index is 82.1. The van der Waals surface area contributed by atoms with Gasteiger partial charge in [0, 0.05) is 0 Å². The monoisotopic (exact) mass is 238 g/mol. The average molecular weight is 239 g/mol. The van der Waals surface area contributed by atoms with Crippen molar-refractivity contribution in [1.82, 2.24) is 0 Å². The minimum atomic E-state index is -4.66. The fourth-order valence-electron chi connectivity index (χ4n) is 0. The largest absolute Gasteiger partial charge is 0.398 e. The molecular weight excluding hydrogens is 237 g/mol. The lowest BCUT2D eigenvalue weighted by molar-refractivity contribution is -0.0960. The van der Waals surface area contributed by atoms with Crippen LogP contribution in [0.2, 0.25) is 0 Å². The Balaban J connectivity index is 0. The molecule has 0 atom stereocenters. The van der Waals surface area contributed by atoms with Gasteiger partial charge < -0.3 is 0 Å². The Morgan fingerprint density at radius 1 is 0.909 bits per heavy atom. The molecule has 0 fully saturated rings. The van der Waals surface area contributed by atoms with Gasteiger partial charge in [-0.3, -0.25) is 0 Å². The first kappa shape index (κ1) is 14.1. The molecule has 11 heavy (non-hydrogen) atoms. The molecule has 0 saturated carbocycles. The predicted molar refractivity (Wildman–Crippen MR) is 33.4 cm³/mol. The summed E-state index contributed by atoms with van der Waals surface area (Å²) in [6.07, 6.45) is -0.778. The standard InChI is InChI=1S/C2Cl2F4.CH2ClF/c3-1(5,6)2(4,7)8;2-1-3/h;1H2. The summed E-state index contributed by atoms with van der Waals surface area (Å²) >= 11 is 11.9. The molecule has 0 aromatic rings. The Labute approximate surface area is 74.2 Å². The van der Waals surface area contributed by atoms with E-state index in [1.165, 1.54) is 0 Å². The number of halogens is 8. The van der Waals surface area contributed by atoms with Gasteiger partial charge in [0.05, 0.1) is 0 Å². The number of rotatable bonds is 1. The number of alkyl halides is 8. The second-order valence-corrected chi connectivity index (χ2v) is 2.25. The maximum Gasteiger partial charge on any atom is 0.398 e. The third-order valence-electron chi connectivity index (χ3n) is 0.321. The fraction of sp³-hybridized carbons (Fsp3) is 1.00. The second kappa shape index (κ2) is 5.22. The van der Waals surface area contributed by atoms with Gasteiger partial charge in [0.1, 0.15) is 0 Å². The first-order valence-electron chi connectivity index (χ1n) is 1.92. The fourth-order valence-corrected chi connectivity index (χ4v) is 0. The van der Waals surface area contributed by atoms with Crippen LogP contribution in [0.5, 0.6) is 0 Å². The molecule has 0 aliphatic rings. The van der Waals surface area contributed by atoms with Crippen LogP contribution in [0.1, 0.15) is 0 Å². The van der Waals surface area contributed by atoms with Crippen LogP contribution in [0, 0.1) is 0 Å². The van der Waals surface area contributed by atoms with Gasteiger partial charge in [0.25, 0.3) is 0 Å². The van der Waals surface area contributed by atoms with Crippen molar-refractivity contribution in [2.75, 3.05) is 6.13 Å². The van der Waals surface area contributed by atoms with Gasteiger partial charge in [0.2, 0.25) is 0 Å². The smallest absolute Gasteiger partial charge is 0.234 e. The van der Waals surface area contributed by atoms with Gasteiger partial charge in [-0.2, -0.15) is 17.6 Å². The van der Waals surface area contributed by atoms with Crippen LogP contribution in [0.25, 0.3) is 0 Å². The molecule has 70 valence electrons. The van der Waals surface area contributed by atoms with Crippen molar-refractivity contribution in [1.29, 1.82) is 0 Å². The van der Waals surface area contributed by atoms with Gasteiger partial charge in [-0.05, 0) is 23.2 Å². The molecule has 0 spiro atoms. The van der Waals surface area contributed by atoms with E-state index in [1.807, 2.05) is 0 Å². The molecule has 0 aliphatic heterocycles. The average Bonchev–Trinajstić information content (AvgIpc) is 1.60. The molecule has 0 radical (unpaired) electrons. The second-order valence-electron chi connectivity index (χ2n) is 1.10. The zero-order chi connectivity index (χ0) is 9.71. The van der Waals surface area contributed by atoms with E-state index in [9.17, 15) is 22.0 Å². The van der Waals surface area contributed by atoms with Crippen molar-refractivity contribution >= 4 is 34.8 Å². The normalized spacial score (nSPS) is 12.0. The van der Waals surface area contributed by atoms with E-state index >= 15 is 0 Å². The zero-order valence-electron chi connectivity index (χ0n) is 4.73. The Hall–Kier alpha value is 0.520. The highest BCUT2D eigenvalue weighted by Gasteiger charge is 2.53.